The predicted molar refractivity (Wildman–Crippen MR) is 82.3 cm³/mol. The van der Waals surface area contributed by atoms with Crippen LogP contribution in [0.3, 0.4) is 0 Å². The zero-order chi connectivity index (χ0) is 15.4. The number of hydrogen-bond acceptors (Lipinski definition) is 4. The maximum atomic E-state index is 11.5. The highest BCUT2D eigenvalue weighted by Gasteiger charge is 2.12. The molecule has 2 rings (SSSR count). The van der Waals surface area contributed by atoms with Crippen LogP contribution in [-0.2, 0) is 11.2 Å². The minimum atomic E-state index is -0.940. The SMILES string of the molecule is CCc1cccc(C)c1-n1ccc(=O)nc1SCC(=O)O. The normalized spacial score (nSPS) is 10.6. The molecule has 0 aliphatic rings. The van der Waals surface area contributed by atoms with Crippen molar-refractivity contribution in [3.63, 3.8) is 0 Å². The molecular weight excluding hydrogens is 288 g/mol. The zero-order valence-corrected chi connectivity index (χ0v) is 12.7. The van der Waals surface area contributed by atoms with Gasteiger partial charge in [0, 0.05) is 12.3 Å². The van der Waals surface area contributed by atoms with E-state index in [1.807, 2.05) is 25.1 Å². The van der Waals surface area contributed by atoms with Gasteiger partial charge in [-0.3, -0.25) is 14.2 Å². The van der Waals surface area contributed by atoms with Crippen LogP contribution < -0.4 is 5.56 Å². The number of nitrogens with zero attached hydrogens (tertiary/aromatic N) is 2. The van der Waals surface area contributed by atoms with E-state index < -0.39 is 5.97 Å². The first-order valence-corrected chi connectivity index (χ1v) is 7.54. The Balaban J connectivity index is 2.58. The van der Waals surface area contributed by atoms with E-state index in [4.69, 9.17) is 5.11 Å². The Hall–Kier alpha value is -2.08. The van der Waals surface area contributed by atoms with Gasteiger partial charge >= 0.3 is 5.97 Å². The van der Waals surface area contributed by atoms with Gasteiger partial charge in [0.1, 0.15) is 0 Å². The van der Waals surface area contributed by atoms with Crippen LogP contribution in [0.15, 0.2) is 40.4 Å². The highest BCUT2D eigenvalue weighted by molar-refractivity contribution is 7.99. The first-order valence-electron chi connectivity index (χ1n) is 6.56. The molecule has 1 aromatic heterocycles. The number of thioether (sulfide) groups is 1. The summed E-state index contributed by atoms with van der Waals surface area (Å²) in [5.41, 5.74) is 2.76. The second kappa shape index (κ2) is 6.58. The lowest BCUT2D eigenvalue weighted by Gasteiger charge is -2.17. The summed E-state index contributed by atoms with van der Waals surface area (Å²) in [7, 11) is 0. The summed E-state index contributed by atoms with van der Waals surface area (Å²) in [6.07, 6.45) is 2.49. The quantitative estimate of drug-likeness (QED) is 0.678. The third-order valence-electron chi connectivity index (χ3n) is 3.05. The van der Waals surface area contributed by atoms with Gasteiger partial charge in [-0.05, 0) is 24.5 Å². The van der Waals surface area contributed by atoms with Crippen LogP contribution in [0.25, 0.3) is 5.69 Å². The van der Waals surface area contributed by atoms with Gasteiger partial charge in [0.15, 0.2) is 5.16 Å². The predicted octanol–water partition coefficient (Wildman–Crippen LogP) is 2.28. The molecular formula is C15H16N2O3S. The number of carboxylic acid groups (broad SMARTS) is 1. The van der Waals surface area contributed by atoms with Crippen molar-refractivity contribution in [2.75, 3.05) is 5.75 Å². The lowest BCUT2D eigenvalue weighted by molar-refractivity contribution is -0.133. The van der Waals surface area contributed by atoms with Crippen LogP contribution in [0.1, 0.15) is 18.1 Å². The Bertz CT molecular complexity index is 725. The lowest BCUT2D eigenvalue weighted by Crippen LogP contribution is -2.15. The summed E-state index contributed by atoms with van der Waals surface area (Å²) in [6, 6.07) is 7.37. The van der Waals surface area contributed by atoms with Gasteiger partial charge in [-0.2, -0.15) is 4.98 Å². The number of benzene rings is 1. The second-order valence-electron chi connectivity index (χ2n) is 4.54. The Morgan fingerprint density at radius 1 is 1.38 bits per heavy atom. The second-order valence-corrected chi connectivity index (χ2v) is 5.48. The number of hydrogen-bond donors (Lipinski definition) is 1. The molecule has 0 atom stereocenters. The molecule has 110 valence electrons. The molecule has 0 spiro atoms. The fourth-order valence-corrected chi connectivity index (χ4v) is 2.83. The molecule has 0 fully saturated rings. The first kappa shape index (κ1) is 15.3. The summed E-state index contributed by atoms with van der Waals surface area (Å²) in [4.78, 5) is 26.2. The van der Waals surface area contributed by atoms with Crippen LogP contribution >= 0.6 is 11.8 Å². The van der Waals surface area contributed by atoms with Gasteiger partial charge in [-0.15, -0.1) is 0 Å². The van der Waals surface area contributed by atoms with Crippen LogP contribution in [0.4, 0.5) is 0 Å². The average Bonchev–Trinajstić information content (AvgIpc) is 2.45. The van der Waals surface area contributed by atoms with E-state index in [-0.39, 0.29) is 11.3 Å². The maximum Gasteiger partial charge on any atom is 0.313 e. The molecule has 1 N–H and O–H groups in total. The summed E-state index contributed by atoms with van der Waals surface area (Å²) in [5.74, 6) is -1.07. The summed E-state index contributed by atoms with van der Waals surface area (Å²) >= 11 is 1.04. The fraction of sp³-hybridized carbons (Fsp3) is 0.267. The van der Waals surface area contributed by atoms with Crippen molar-refractivity contribution >= 4 is 17.7 Å². The fourth-order valence-electron chi connectivity index (χ4n) is 2.14. The smallest absolute Gasteiger partial charge is 0.313 e. The van der Waals surface area contributed by atoms with E-state index in [0.717, 1.165) is 35.0 Å². The van der Waals surface area contributed by atoms with Crippen molar-refractivity contribution in [1.82, 2.24) is 9.55 Å². The Morgan fingerprint density at radius 3 is 2.81 bits per heavy atom. The third kappa shape index (κ3) is 3.52. The van der Waals surface area contributed by atoms with Crippen LogP contribution in [0, 0.1) is 6.92 Å². The van der Waals surface area contributed by atoms with E-state index in [1.165, 1.54) is 6.07 Å². The third-order valence-corrected chi connectivity index (χ3v) is 3.98. The van der Waals surface area contributed by atoms with Gasteiger partial charge in [0.2, 0.25) is 0 Å². The van der Waals surface area contributed by atoms with Crippen LogP contribution in [0.5, 0.6) is 0 Å². The highest BCUT2D eigenvalue weighted by Crippen LogP contribution is 2.24. The van der Waals surface area contributed by atoms with Crippen LogP contribution in [0.2, 0.25) is 0 Å². The number of rotatable bonds is 5. The van der Waals surface area contributed by atoms with Crippen molar-refractivity contribution in [1.29, 1.82) is 0 Å². The average molecular weight is 304 g/mol. The number of carboxylic acids is 1. The first-order chi connectivity index (χ1) is 10.0. The highest BCUT2D eigenvalue weighted by atomic mass is 32.2. The Morgan fingerprint density at radius 2 is 2.14 bits per heavy atom. The van der Waals surface area contributed by atoms with E-state index in [9.17, 15) is 9.59 Å². The molecule has 0 radical (unpaired) electrons. The minimum Gasteiger partial charge on any atom is -0.481 e. The maximum absolute atomic E-state index is 11.5. The van der Waals surface area contributed by atoms with Crippen molar-refractivity contribution in [3.8, 4) is 5.69 Å². The molecule has 0 bridgehead atoms. The molecule has 0 aliphatic heterocycles. The van der Waals surface area contributed by atoms with Gasteiger partial charge in [0.25, 0.3) is 5.56 Å². The van der Waals surface area contributed by atoms with Gasteiger partial charge < -0.3 is 5.11 Å². The number of carbonyl (C=O) groups is 1. The molecule has 0 amide bonds. The topological polar surface area (TPSA) is 72.2 Å². The van der Waals surface area contributed by atoms with E-state index >= 15 is 0 Å². The summed E-state index contributed by atoms with van der Waals surface area (Å²) in [5, 5.41) is 9.22. The molecule has 0 saturated carbocycles. The van der Waals surface area contributed by atoms with Gasteiger partial charge in [-0.1, -0.05) is 36.9 Å². The molecule has 21 heavy (non-hydrogen) atoms. The Labute approximate surface area is 126 Å². The summed E-state index contributed by atoms with van der Waals surface area (Å²) < 4.78 is 1.79. The van der Waals surface area contributed by atoms with E-state index in [0.29, 0.717) is 5.16 Å². The van der Waals surface area contributed by atoms with Crippen molar-refractivity contribution in [3.05, 3.63) is 51.9 Å². The zero-order valence-electron chi connectivity index (χ0n) is 11.9. The molecule has 0 aliphatic carbocycles. The molecule has 1 heterocycles. The monoisotopic (exact) mass is 304 g/mol. The molecule has 6 heteroatoms. The largest absolute Gasteiger partial charge is 0.481 e. The Kier molecular flexibility index (Phi) is 4.80. The number of aliphatic carboxylic acids is 1. The molecule has 5 nitrogen and oxygen atoms in total. The molecule has 2 aromatic rings. The molecule has 0 saturated heterocycles. The van der Waals surface area contributed by atoms with Crippen LogP contribution in [-0.4, -0.2) is 26.4 Å². The van der Waals surface area contributed by atoms with E-state index in [1.54, 1.807) is 10.8 Å². The standard InChI is InChI=1S/C15H16N2O3S/c1-3-11-6-4-5-10(2)14(11)17-8-7-12(18)16-15(17)21-9-13(19)20/h4-8H,3,9H2,1-2H3,(H,19,20). The van der Waals surface area contributed by atoms with Gasteiger partial charge in [0.05, 0.1) is 11.4 Å². The summed E-state index contributed by atoms with van der Waals surface area (Å²) in [6.45, 7) is 4.04. The molecule has 0 unspecified atom stereocenters. The van der Waals surface area contributed by atoms with Gasteiger partial charge in [-0.25, -0.2) is 0 Å². The number of para-hydroxylation sites is 1. The van der Waals surface area contributed by atoms with Crippen molar-refractivity contribution < 1.29 is 9.90 Å². The number of aromatic nitrogens is 2. The molecule has 1 aromatic carbocycles. The lowest BCUT2D eigenvalue weighted by atomic mass is 10.1. The van der Waals surface area contributed by atoms with Crippen molar-refractivity contribution in [2.45, 2.75) is 25.4 Å². The van der Waals surface area contributed by atoms with E-state index in [2.05, 4.69) is 11.9 Å². The number of aryl methyl sites for hydroxylation is 2. The minimum absolute atomic E-state index is 0.135. The van der Waals surface area contributed by atoms with Crippen molar-refractivity contribution in [2.24, 2.45) is 0 Å².